The van der Waals surface area contributed by atoms with Crippen LogP contribution >= 0.6 is 23.2 Å². The van der Waals surface area contributed by atoms with Crippen LogP contribution in [0.1, 0.15) is 0 Å². The van der Waals surface area contributed by atoms with Crippen molar-refractivity contribution in [3.63, 3.8) is 0 Å². The fraction of sp³-hybridized carbons (Fsp3) is 0. The highest BCUT2D eigenvalue weighted by atomic mass is 35.5. The van der Waals surface area contributed by atoms with Gasteiger partial charge in [0.1, 0.15) is 11.6 Å². The van der Waals surface area contributed by atoms with Crippen molar-refractivity contribution in [2.24, 2.45) is 0 Å². The summed E-state index contributed by atoms with van der Waals surface area (Å²) in [5, 5.41) is 3.96. The van der Waals surface area contributed by atoms with Crippen LogP contribution in [-0.4, -0.2) is 9.97 Å². The molecule has 2 aromatic carbocycles. The number of anilines is 2. The SMILES string of the molecule is Fc1cccc(Cl)c1Nc1nc(Cl)nc2ccccc12. The van der Waals surface area contributed by atoms with Crippen LogP contribution < -0.4 is 5.32 Å². The highest BCUT2D eigenvalue weighted by Crippen LogP contribution is 2.30. The molecule has 0 fully saturated rings. The molecular formula is C14H8Cl2FN3. The first-order valence-electron chi connectivity index (χ1n) is 5.78. The smallest absolute Gasteiger partial charge is 0.224 e. The largest absolute Gasteiger partial charge is 0.336 e. The molecular weight excluding hydrogens is 300 g/mol. The van der Waals surface area contributed by atoms with Gasteiger partial charge in [0, 0.05) is 5.39 Å². The first-order valence-corrected chi connectivity index (χ1v) is 6.54. The number of nitrogens with one attached hydrogen (secondary N) is 1. The third-order valence-corrected chi connectivity index (χ3v) is 3.27. The molecule has 3 aromatic rings. The van der Waals surface area contributed by atoms with E-state index in [0.717, 1.165) is 5.39 Å². The third-order valence-electron chi connectivity index (χ3n) is 2.78. The van der Waals surface area contributed by atoms with Crippen molar-refractivity contribution >= 4 is 45.6 Å². The third kappa shape index (κ3) is 2.40. The van der Waals surface area contributed by atoms with Crippen molar-refractivity contribution in [3.8, 4) is 0 Å². The number of rotatable bonds is 2. The molecule has 20 heavy (non-hydrogen) atoms. The molecule has 0 aliphatic rings. The fourth-order valence-electron chi connectivity index (χ4n) is 1.88. The van der Waals surface area contributed by atoms with E-state index in [-0.39, 0.29) is 16.0 Å². The van der Waals surface area contributed by atoms with Crippen LogP contribution in [0.2, 0.25) is 10.3 Å². The maximum atomic E-state index is 13.8. The van der Waals surface area contributed by atoms with E-state index in [9.17, 15) is 4.39 Å². The van der Waals surface area contributed by atoms with Crippen LogP contribution in [0.4, 0.5) is 15.9 Å². The molecule has 0 aliphatic carbocycles. The Morgan fingerprint density at radius 1 is 0.950 bits per heavy atom. The lowest BCUT2D eigenvalue weighted by molar-refractivity contribution is 0.632. The minimum absolute atomic E-state index is 0.0821. The maximum Gasteiger partial charge on any atom is 0.224 e. The minimum Gasteiger partial charge on any atom is -0.336 e. The molecule has 0 saturated carbocycles. The van der Waals surface area contributed by atoms with Crippen molar-refractivity contribution in [2.45, 2.75) is 0 Å². The number of fused-ring (bicyclic) bond motifs is 1. The summed E-state index contributed by atoms with van der Waals surface area (Å²) in [6.45, 7) is 0. The quantitative estimate of drug-likeness (QED) is 0.690. The topological polar surface area (TPSA) is 37.8 Å². The zero-order valence-electron chi connectivity index (χ0n) is 10.1. The minimum atomic E-state index is -0.462. The summed E-state index contributed by atoms with van der Waals surface area (Å²) < 4.78 is 13.8. The molecule has 1 aromatic heterocycles. The highest BCUT2D eigenvalue weighted by molar-refractivity contribution is 6.33. The Labute approximate surface area is 124 Å². The Balaban J connectivity index is 2.16. The number of nitrogens with zero attached hydrogens (tertiary/aromatic N) is 2. The summed E-state index contributed by atoms with van der Waals surface area (Å²) in [6.07, 6.45) is 0. The van der Waals surface area contributed by atoms with Crippen LogP contribution in [-0.2, 0) is 0 Å². The average Bonchev–Trinajstić information content (AvgIpc) is 2.42. The van der Waals surface area contributed by atoms with Gasteiger partial charge in [-0.15, -0.1) is 0 Å². The Bertz CT molecular complexity index is 772. The van der Waals surface area contributed by atoms with E-state index in [2.05, 4.69) is 15.3 Å². The molecule has 0 saturated heterocycles. The number of benzene rings is 2. The Morgan fingerprint density at radius 2 is 1.75 bits per heavy atom. The van der Waals surface area contributed by atoms with Crippen LogP contribution in [0.3, 0.4) is 0 Å². The lowest BCUT2D eigenvalue weighted by atomic mass is 10.2. The molecule has 3 rings (SSSR count). The molecule has 0 amide bonds. The van der Waals surface area contributed by atoms with Gasteiger partial charge in [-0.3, -0.25) is 0 Å². The second-order valence-corrected chi connectivity index (χ2v) is 4.83. The predicted molar refractivity (Wildman–Crippen MR) is 79.2 cm³/mol. The fourth-order valence-corrected chi connectivity index (χ4v) is 2.27. The van der Waals surface area contributed by atoms with E-state index in [1.807, 2.05) is 18.2 Å². The molecule has 1 heterocycles. The van der Waals surface area contributed by atoms with E-state index in [0.29, 0.717) is 11.3 Å². The average molecular weight is 308 g/mol. The summed E-state index contributed by atoms with van der Waals surface area (Å²) in [5.41, 5.74) is 0.830. The molecule has 0 atom stereocenters. The van der Waals surface area contributed by atoms with Gasteiger partial charge in [0.15, 0.2) is 0 Å². The molecule has 0 unspecified atom stereocenters. The molecule has 0 bridgehead atoms. The van der Waals surface area contributed by atoms with Crippen LogP contribution in [0.5, 0.6) is 0 Å². The first kappa shape index (κ1) is 13.1. The second kappa shape index (κ2) is 5.23. The second-order valence-electron chi connectivity index (χ2n) is 4.08. The zero-order valence-corrected chi connectivity index (χ0v) is 11.6. The van der Waals surface area contributed by atoms with Gasteiger partial charge in [0.25, 0.3) is 0 Å². The van der Waals surface area contributed by atoms with Crippen LogP contribution in [0, 0.1) is 5.82 Å². The van der Waals surface area contributed by atoms with E-state index in [4.69, 9.17) is 23.2 Å². The highest BCUT2D eigenvalue weighted by Gasteiger charge is 2.11. The van der Waals surface area contributed by atoms with Gasteiger partial charge in [0.2, 0.25) is 5.28 Å². The molecule has 6 heteroatoms. The number of aromatic nitrogens is 2. The number of hydrogen-bond donors (Lipinski definition) is 1. The van der Waals surface area contributed by atoms with Gasteiger partial charge in [0.05, 0.1) is 16.2 Å². The summed E-state index contributed by atoms with van der Waals surface area (Å²) >= 11 is 11.9. The molecule has 0 aliphatic heterocycles. The normalized spacial score (nSPS) is 10.8. The number of para-hydroxylation sites is 2. The van der Waals surface area contributed by atoms with Gasteiger partial charge < -0.3 is 5.32 Å². The number of halogens is 3. The first-order chi connectivity index (χ1) is 9.65. The van der Waals surface area contributed by atoms with Gasteiger partial charge in [-0.1, -0.05) is 29.8 Å². The van der Waals surface area contributed by atoms with E-state index in [1.165, 1.54) is 12.1 Å². The van der Waals surface area contributed by atoms with Crippen molar-refractivity contribution in [2.75, 3.05) is 5.32 Å². The lowest BCUT2D eigenvalue weighted by Gasteiger charge is -2.11. The van der Waals surface area contributed by atoms with E-state index in [1.54, 1.807) is 12.1 Å². The van der Waals surface area contributed by atoms with Crippen LogP contribution in [0.25, 0.3) is 10.9 Å². The molecule has 0 spiro atoms. The monoisotopic (exact) mass is 307 g/mol. The van der Waals surface area contributed by atoms with Crippen LogP contribution in [0.15, 0.2) is 42.5 Å². The summed E-state index contributed by atoms with van der Waals surface area (Å²) in [4.78, 5) is 8.21. The van der Waals surface area contributed by atoms with Gasteiger partial charge in [-0.25, -0.2) is 9.37 Å². The van der Waals surface area contributed by atoms with Crippen molar-refractivity contribution in [1.82, 2.24) is 9.97 Å². The summed E-state index contributed by atoms with van der Waals surface area (Å²) in [5.74, 6) is -0.0519. The summed E-state index contributed by atoms with van der Waals surface area (Å²) in [7, 11) is 0. The molecule has 0 radical (unpaired) electrons. The summed E-state index contributed by atoms with van der Waals surface area (Å²) in [6, 6.07) is 11.8. The van der Waals surface area contributed by atoms with Crippen molar-refractivity contribution < 1.29 is 4.39 Å². The lowest BCUT2D eigenvalue weighted by Crippen LogP contribution is -1.99. The van der Waals surface area contributed by atoms with Gasteiger partial charge in [-0.2, -0.15) is 4.98 Å². The Hall–Kier alpha value is -1.91. The maximum absolute atomic E-state index is 13.8. The van der Waals surface area contributed by atoms with Gasteiger partial charge in [-0.05, 0) is 35.9 Å². The molecule has 100 valence electrons. The molecule has 1 N–H and O–H groups in total. The predicted octanol–water partition coefficient (Wildman–Crippen LogP) is 4.82. The van der Waals surface area contributed by atoms with Crippen molar-refractivity contribution in [1.29, 1.82) is 0 Å². The zero-order chi connectivity index (χ0) is 14.1. The molecule has 3 nitrogen and oxygen atoms in total. The Morgan fingerprint density at radius 3 is 2.55 bits per heavy atom. The standard InChI is InChI=1S/C14H8Cl2FN3/c15-9-5-3-6-10(17)12(9)19-13-8-4-1-2-7-11(8)18-14(16)20-13/h1-7H,(H,18,19,20). The number of hydrogen-bond acceptors (Lipinski definition) is 3. The van der Waals surface area contributed by atoms with E-state index < -0.39 is 5.82 Å². The van der Waals surface area contributed by atoms with E-state index >= 15 is 0 Å². The van der Waals surface area contributed by atoms with Gasteiger partial charge >= 0.3 is 0 Å². The van der Waals surface area contributed by atoms with Crippen molar-refractivity contribution in [3.05, 3.63) is 58.6 Å². The Kier molecular flexibility index (Phi) is 3.42.